The molecule has 3 heterocycles. The largest absolute Gasteiger partial charge is 0.474 e. The summed E-state index contributed by atoms with van der Waals surface area (Å²) in [5, 5.41) is 2.83. The monoisotopic (exact) mass is 614 g/mol. The van der Waals surface area contributed by atoms with E-state index < -0.39 is 70.1 Å². The number of aldehydes is 1. The van der Waals surface area contributed by atoms with Gasteiger partial charge in [0.05, 0.1) is 23.9 Å². The fraction of sp³-hybridized carbons (Fsp3) is 0.464. The van der Waals surface area contributed by atoms with Crippen LogP contribution in [0.2, 0.25) is 0 Å². The van der Waals surface area contributed by atoms with Crippen molar-refractivity contribution in [3.63, 3.8) is 0 Å². The predicted molar refractivity (Wildman–Crippen MR) is 154 cm³/mol. The van der Waals surface area contributed by atoms with Crippen LogP contribution in [0.4, 0.5) is 33.5 Å². The van der Waals surface area contributed by atoms with Crippen LogP contribution in [0.1, 0.15) is 45.2 Å². The molecule has 3 aromatic rings. The summed E-state index contributed by atoms with van der Waals surface area (Å²) in [5.41, 5.74) is 0.634. The Morgan fingerprint density at radius 2 is 1.86 bits per heavy atom. The first-order valence-corrected chi connectivity index (χ1v) is 13.5. The first kappa shape index (κ1) is 35.1. The molecule has 10 nitrogen and oxygen atoms in total. The standard InChI is InChI=1S/C23H21F5N6O3.C3H8O.C2H6/c1-10-3-4-30-5-6-31-20-14-19(33-22(34-20)36-8-7-35)17(25)18(32-21(14)37-10)12-9-13(29)16(24)11(2)15(12)23(26,27)28;1-3-4-2;1-2/h5,7,9-10H,3-4,6,8,29H2,1-2H3,(H,31,33,34);3H2,1-2H3;1-2H3. The van der Waals surface area contributed by atoms with Gasteiger partial charge in [0.1, 0.15) is 34.8 Å². The molecule has 1 aromatic carbocycles. The van der Waals surface area contributed by atoms with E-state index in [1.165, 1.54) is 0 Å². The predicted octanol–water partition coefficient (Wildman–Crippen LogP) is 5.79. The summed E-state index contributed by atoms with van der Waals surface area (Å²) in [6.07, 6.45) is -3.21. The number of pyridine rings is 1. The Bertz CT molecular complexity index is 1430. The molecule has 1 aliphatic rings. The molecule has 0 spiro atoms. The zero-order chi connectivity index (χ0) is 32.3. The summed E-state index contributed by atoms with van der Waals surface area (Å²) < 4.78 is 88.1. The van der Waals surface area contributed by atoms with Gasteiger partial charge >= 0.3 is 12.2 Å². The summed E-state index contributed by atoms with van der Waals surface area (Å²) in [5.74, 6) is -2.83. The number of nitrogens with zero attached hydrogens (tertiary/aromatic N) is 4. The van der Waals surface area contributed by atoms with Crippen molar-refractivity contribution in [2.45, 2.75) is 53.3 Å². The van der Waals surface area contributed by atoms with Crippen molar-refractivity contribution in [1.82, 2.24) is 15.0 Å². The molecular formula is C28H35F5N6O4. The number of carbonyl (C=O) groups excluding carboxylic acids is 1. The molecule has 1 atom stereocenters. The van der Waals surface area contributed by atoms with Gasteiger partial charge in [0.15, 0.2) is 12.1 Å². The zero-order valence-corrected chi connectivity index (χ0v) is 24.7. The number of nitrogen functional groups attached to an aromatic ring is 1. The Morgan fingerprint density at radius 1 is 1.19 bits per heavy atom. The highest BCUT2D eigenvalue weighted by atomic mass is 19.4. The van der Waals surface area contributed by atoms with E-state index in [9.17, 15) is 22.4 Å². The minimum absolute atomic E-state index is 0.00903. The lowest BCUT2D eigenvalue weighted by molar-refractivity contribution is -0.137. The number of hydrogen-bond acceptors (Lipinski definition) is 10. The van der Waals surface area contributed by atoms with Crippen molar-refractivity contribution in [2.24, 2.45) is 4.99 Å². The first-order valence-electron chi connectivity index (χ1n) is 13.5. The van der Waals surface area contributed by atoms with E-state index >= 15 is 4.39 Å². The lowest BCUT2D eigenvalue weighted by Gasteiger charge is -2.21. The second-order valence-corrected chi connectivity index (χ2v) is 8.72. The highest BCUT2D eigenvalue weighted by Crippen LogP contribution is 2.44. The van der Waals surface area contributed by atoms with Gasteiger partial charge in [-0.05, 0) is 32.4 Å². The number of methoxy groups -OCH3 is 1. The molecule has 4 rings (SSSR count). The van der Waals surface area contributed by atoms with Crippen molar-refractivity contribution in [3.8, 4) is 23.1 Å². The van der Waals surface area contributed by atoms with E-state index in [0.717, 1.165) is 13.5 Å². The summed E-state index contributed by atoms with van der Waals surface area (Å²) in [4.78, 5) is 27.2. The molecule has 15 heteroatoms. The van der Waals surface area contributed by atoms with Crippen LogP contribution in [0.3, 0.4) is 0 Å². The van der Waals surface area contributed by atoms with Crippen LogP contribution in [0, 0.1) is 18.6 Å². The lowest BCUT2D eigenvalue weighted by Crippen LogP contribution is -2.17. The third-order valence-corrected chi connectivity index (χ3v) is 5.83. The molecule has 0 saturated carbocycles. The van der Waals surface area contributed by atoms with Crippen molar-refractivity contribution in [3.05, 3.63) is 28.8 Å². The summed E-state index contributed by atoms with van der Waals surface area (Å²) in [6, 6.07) is 0.247. The molecule has 0 aliphatic carbocycles. The molecule has 0 fully saturated rings. The smallest absolute Gasteiger partial charge is 0.417 e. The minimum atomic E-state index is -5.07. The van der Waals surface area contributed by atoms with Crippen LogP contribution < -0.4 is 20.5 Å². The fourth-order valence-corrected chi connectivity index (χ4v) is 3.86. The van der Waals surface area contributed by atoms with Gasteiger partial charge in [-0.1, -0.05) is 13.8 Å². The number of rotatable bonds is 5. The normalized spacial score (nSPS) is 14.6. The fourth-order valence-electron chi connectivity index (χ4n) is 3.86. The summed E-state index contributed by atoms with van der Waals surface area (Å²) >= 11 is 0. The van der Waals surface area contributed by atoms with Gasteiger partial charge in [-0.2, -0.15) is 23.1 Å². The number of aliphatic imine (C=N–C) groups is 1. The van der Waals surface area contributed by atoms with Crippen LogP contribution in [0.15, 0.2) is 11.1 Å². The topological polar surface area (TPSA) is 134 Å². The Hall–Kier alpha value is -4.14. The van der Waals surface area contributed by atoms with Crippen molar-refractivity contribution < 1.29 is 41.0 Å². The Balaban J connectivity index is 0.000000993. The van der Waals surface area contributed by atoms with E-state index in [1.807, 2.05) is 20.8 Å². The number of nitrogens with one attached hydrogen (secondary N) is 1. The number of hydrogen-bond donors (Lipinski definition) is 2. The number of benzene rings is 1. The van der Waals surface area contributed by atoms with Crippen LogP contribution in [0.5, 0.6) is 11.9 Å². The number of carbonyl (C=O) groups is 1. The van der Waals surface area contributed by atoms with Crippen molar-refractivity contribution in [2.75, 3.05) is 44.5 Å². The molecule has 2 aromatic heterocycles. The summed E-state index contributed by atoms with van der Waals surface area (Å²) in [7, 11) is 1.68. The lowest BCUT2D eigenvalue weighted by atomic mass is 9.96. The van der Waals surface area contributed by atoms with Crippen LogP contribution in [0.25, 0.3) is 22.2 Å². The first-order chi connectivity index (χ1) is 20.4. The second kappa shape index (κ2) is 15.9. The van der Waals surface area contributed by atoms with Gasteiger partial charge in [-0.25, -0.2) is 13.8 Å². The highest BCUT2D eigenvalue weighted by molar-refractivity contribution is 5.97. The average Bonchev–Trinajstić information content (AvgIpc) is 3.01. The molecule has 3 N–H and O–H groups in total. The van der Waals surface area contributed by atoms with Gasteiger partial charge in [-0.3, -0.25) is 9.79 Å². The quantitative estimate of drug-likeness (QED) is 0.208. The van der Waals surface area contributed by atoms with Crippen LogP contribution in [-0.2, 0) is 15.7 Å². The molecule has 0 saturated heterocycles. The van der Waals surface area contributed by atoms with E-state index in [4.69, 9.17) is 15.2 Å². The van der Waals surface area contributed by atoms with Gasteiger partial charge < -0.3 is 25.3 Å². The molecular weight excluding hydrogens is 579 g/mol. The molecule has 236 valence electrons. The average molecular weight is 615 g/mol. The Morgan fingerprint density at radius 3 is 2.47 bits per heavy atom. The van der Waals surface area contributed by atoms with E-state index in [1.54, 1.807) is 20.2 Å². The van der Waals surface area contributed by atoms with E-state index in [2.05, 4.69) is 30.0 Å². The SMILES string of the molecule is CC.CCOC.Cc1c(F)c(N)cc(-c2nc3c4c(nc(OCC=O)nc4c2F)NCC=NCCC(C)O3)c1C(F)(F)F. The number of aromatic nitrogens is 3. The molecule has 0 amide bonds. The Labute approximate surface area is 245 Å². The van der Waals surface area contributed by atoms with Gasteiger partial charge in [0.25, 0.3) is 0 Å². The van der Waals surface area contributed by atoms with E-state index in [0.29, 0.717) is 25.3 Å². The third kappa shape index (κ3) is 8.46. The molecule has 0 radical (unpaired) electrons. The molecule has 1 unspecified atom stereocenters. The maximum Gasteiger partial charge on any atom is 0.417 e. The summed E-state index contributed by atoms with van der Waals surface area (Å²) in [6.45, 7) is 9.42. The molecule has 0 bridgehead atoms. The third-order valence-electron chi connectivity index (χ3n) is 5.83. The molecule has 1 aliphatic heterocycles. The number of halogens is 5. The van der Waals surface area contributed by atoms with Gasteiger partial charge in [0.2, 0.25) is 5.88 Å². The van der Waals surface area contributed by atoms with Crippen LogP contribution >= 0.6 is 0 Å². The van der Waals surface area contributed by atoms with Gasteiger partial charge in [0, 0.05) is 38.5 Å². The maximum atomic E-state index is 16.0. The molecule has 43 heavy (non-hydrogen) atoms. The highest BCUT2D eigenvalue weighted by Gasteiger charge is 2.39. The van der Waals surface area contributed by atoms with E-state index in [-0.39, 0.29) is 23.6 Å². The number of ether oxygens (including phenoxy) is 3. The zero-order valence-electron chi connectivity index (χ0n) is 24.7. The van der Waals surface area contributed by atoms with Crippen molar-refractivity contribution >= 4 is 34.9 Å². The van der Waals surface area contributed by atoms with Crippen LogP contribution in [-0.4, -0.2) is 67.0 Å². The number of alkyl halides is 3. The number of anilines is 2. The van der Waals surface area contributed by atoms with Crippen molar-refractivity contribution in [1.29, 1.82) is 0 Å². The van der Waals surface area contributed by atoms with Gasteiger partial charge in [-0.15, -0.1) is 0 Å². The minimum Gasteiger partial charge on any atom is -0.474 e. The maximum absolute atomic E-state index is 16.0. The Kier molecular flexibility index (Phi) is 13.0. The second-order valence-electron chi connectivity index (χ2n) is 8.72. The number of nitrogens with two attached hydrogens (primary N) is 1.